The Morgan fingerprint density at radius 3 is 2.60 bits per heavy atom. The van der Waals surface area contributed by atoms with Crippen LogP contribution in [0.1, 0.15) is 0 Å². The predicted octanol–water partition coefficient (Wildman–Crippen LogP) is 3.97. The van der Waals surface area contributed by atoms with Gasteiger partial charge in [0, 0.05) is 0 Å². The lowest BCUT2D eigenvalue weighted by molar-refractivity contribution is -0.0517. The molecule has 0 aliphatic heterocycles. The van der Waals surface area contributed by atoms with Crippen molar-refractivity contribution in [2.45, 2.75) is 6.61 Å². The summed E-state index contributed by atoms with van der Waals surface area (Å²) in [6, 6.07) is 11.1. The van der Waals surface area contributed by atoms with Crippen molar-refractivity contribution in [2.24, 2.45) is 0 Å². The Hall–Kier alpha value is -2.50. The van der Waals surface area contributed by atoms with Gasteiger partial charge in [-0.3, -0.25) is 0 Å². The molecule has 0 aliphatic carbocycles. The Balaban J connectivity index is 2.15. The van der Waals surface area contributed by atoms with Gasteiger partial charge in [-0.15, -0.1) is 0 Å². The molecule has 0 unspecified atom stereocenters. The van der Waals surface area contributed by atoms with Crippen molar-refractivity contribution in [2.75, 3.05) is 0 Å². The number of rotatable bonds is 3. The highest BCUT2D eigenvalue weighted by atomic mass is 19.3. The second kappa shape index (κ2) is 4.88. The van der Waals surface area contributed by atoms with Crippen molar-refractivity contribution < 1.29 is 17.9 Å². The van der Waals surface area contributed by atoms with Crippen molar-refractivity contribution >= 4 is 11.0 Å². The molecule has 0 fully saturated rings. The van der Waals surface area contributed by atoms with Crippen LogP contribution >= 0.6 is 0 Å². The van der Waals surface area contributed by atoms with Gasteiger partial charge in [0.05, 0.1) is 16.6 Å². The van der Waals surface area contributed by atoms with Crippen molar-refractivity contribution in [3.8, 4) is 17.1 Å². The lowest BCUT2D eigenvalue weighted by atomic mass is 10.2. The van der Waals surface area contributed by atoms with Crippen molar-refractivity contribution in [1.82, 2.24) is 9.97 Å². The van der Waals surface area contributed by atoms with Crippen LogP contribution in [-0.4, -0.2) is 16.6 Å². The number of para-hydroxylation sites is 3. The van der Waals surface area contributed by atoms with Crippen LogP contribution in [0.25, 0.3) is 22.4 Å². The van der Waals surface area contributed by atoms with E-state index >= 15 is 0 Å². The number of imidazole rings is 1. The zero-order chi connectivity index (χ0) is 14.1. The molecule has 0 aliphatic rings. The van der Waals surface area contributed by atoms with E-state index in [0.717, 1.165) is 11.6 Å². The maximum absolute atomic E-state index is 13.7. The number of hydrogen-bond donors (Lipinski definition) is 1. The average molecular weight is 278 g/mol. The van der Waals surface area contributed by atoms with Crippen LogP contribution in [0.2, 0.25) is 0 Å². The molecule has 0 saturated heterocycles. The average Bonchev–Trinajstić information content (AvgIpc) is 2.84. The number of benzene rings is 2. The van der Waals surface area contributed by atoms with Crippen LogP contribution in [0.5, 0.6) is 5.75 Å². The Bertz CT molecular complexity index is 722. The van der Waals surface area contributed by atoms with E-state index in [9.17, 15) is 13.2 Å². The van der Waals surface area contributed by atoms with E-state index in [2.05, 4.69) is 14.7 Å². The van der Waals surface area contributed by atoms with Crippen LogP contribution in [-0.2, 0) is 0 Å². The summed E-state index contributed by atoms with van der Waals surface area (Å²) in [6.07, 6.45) is 0. The number of H-pyrrole nitrogens is 1. The van der Waals surface area contributed by atoms with Gasteiger partial charge in [0.15, 0.2) is 11.6 Å². The molecule has 3 rings (SSSR count). The summed E-state index contributed by atoms with van der Waals surface area (Å²) in [5.41, 5.74) is 1.55. The van der Waals surface area contributed by atoms with Crippen LogP contribution in [0.3, 0.4) is 0 Å². The molecule has 102 valence electrons. The zero-order valence-electron chi connectivity index (χ0n) is 10.1. The van der Waals surface area contributed by atoms with E-state index in [1.165, 1.54) is 12.1 Å². The third-order valence-electron chi connectivity index (χ3n) is 2.82. The van der Waals surface area contributed by atoms with Gasteiger partial charge < -0.3 is 9.72 Å². The number of alkyl halides is 2. The van der Waals surface area contributed by atoms with Gasteiger partial charge >= 0.3 is 6.61 Å². The summed E-state index contributed by atoms with van der Waals surface area (Å²) in [5.74, 6) is -1.09. The topological polar surface area (TPSA) is 37.9 Å². The van der Waals surface area contributed by atoms with Gasteiger partial charge in [0.1, 0.15) is 5.82 Å². The summed E-state index contributed by atoms with van der Waals surface area (Å²) < 4.78 is 42.7. The first-order valence-electron chi connectivity index (χ1n) is 5.83. The fraction of sp³-hybridized carbons (Fsp3) is 0.0714. The quantitative estimate of drug-likeness (QED) is 0.787. The van der Waals surface area contributed by atoms with Crippen LogP contribution in [0, 0.1) is 5.82 Å². The largest absolute Gasteiger partial charge is 0.431 e. The molecule has 0 radical (unpaired) electrons. The molecular weight excluding hydrogens is 269 g/mol. The molecule has 0 saturated carbocycles. The minimum Gasteiger partial charge on any atom is -0.431 e. The second-order valence-electron chi connectivity index (χ2n) is 4.10. The van der Waals surface area contributed by atoms with Gasteiger partial charge in [0.25, 0.3) is 0 Å². The highest BCUT2D eigenvalue weighted by Gasteiger charge is 2.18. The summed E-state index contributed by atoms with van der Waals surface area (Å²) in [7, 11) is 0. The molecule has 3 nitrogen and oxygen atoms in total. The lowest BCUT2D eigenvalue weighted by Gasteiger charge is -2.09. The molecule has 0 atom stereocenters. The number of hydrogen-bond acceptors (Lipinski definition) is 2. The van der Waals surface area contributed by atoms with Crippen LogP contribution in [0.15, 0.2) is 42.5 Å². The number of halogens is 3. The number of ether oxygens (including phenoxy) is 1. The second-order valence-corrected chi connectivity index (χ2v) is 4.10. The van der Waals surface area contributed by atoms with E-state index < -0.39 is 18.2 Å². The number of aromatic nitrogens is 2. The standard InChI is InChI=1S/C14H9F3N2O/c15-9-5-3-4-8(12(9)20-14(16)17)13-18-10-6-1-2-7-11(10)19-13/h1-7,14H,(H,18,19). The third kappa shape index (κ3) is 2.20. The molecule has 0 amide bonds. The van der Waals surface area contributed by atoms with E-state index in [1.807, 2.05) is 6.07 Å². The molecule has 0 bridgehead atoms. The van der Waals surface area contributed by atoms with Gasteiger partial charge in [0.2, 0.25) is 0 Å². The van der Waals surface area contributed by atoms with Gasteiger partial charge in [-0.1, -0.05) is 18.2 Å². The summed E-state index contributed by atoms with van der Waals surface area (Å²) in [6.45, 7) is -3.10. The maximum atomic E-state index is 13.7. The Morgan fingerprint density at radius 1 is 1.05 bits per heavy atom. The number of fused-ring (bicyclic) bond motifs is 1. The third-order valence-corrected chi connectivity index (χ3v) is 2.82. The Kier molecular flexibility index (Phi) is 3.06. The molecule has 6 heteroatoms. The first-order chi connectivity index (χ1) is 9.65. The van der Waals surface area contributed by atoms with E-state index in [-0.39, 0.29) is 11.4 Å². The maximum Gasteiger partial charge on any atom is 0.387 e. The van der Waals surface area contributed by atoms with Crippen molar-refractivity contribution in [1.29, 1.82) is 0 Å². The summed E-state index contributed by atoms with van der Waals surface area (Å²) in [5, 5.41) is 0. The van der Waals surface area contributed by atoms with Crippen molar-refractivity contribution in [3.63, 3.8) is 0 Å². The first kappa shape index (κ1) is 12.5. The summed E-state index contributed by atoms with van der Waals surface area (Å²) >= 11 is 0. The van der Waals surface area contributed by atoms with Gasteiger partial charge in [-0.05, 0) is 24.3 Å². The number of aromatic amines is 1. The first-order valence-corrected chi connectivity index (χ1v) is 5.83. The molecular formula is C14H9F3N2O. The van der Waals surface area contributed by atoms with E-state index in [4.69, 9.17) is 0 Å². The summed E-state index contributed by atoms with van der Waals surface area (Å²) in [4.78, 5) is 7.19. The van der Waals surface area contributed by atoms with Gasteiger partial charge in [-0.2, -0.15) is 8.78 Å². The fourth-order valence-corrected chi connectivity index (χ4v) is 1.98. The molecule has 1 N–H and O–H groups in total. The monoisotopic (exact) mass is 278 g/mol. The molecule has 0 spiro atoms. The highest BCUT2D eigenvalue weighted by molar-refractivity contribution is 5.80. The molecule has 20 heavy (non-hydrogen) atoms. The molecule has 3 aromatic rings. The normalized spacial score (nSPS) is 11.2. The number of nitrogens with zero attached hydrogens (tertiary/aromatic N) is 1. The number of nitrogens with one attached hydrogen (secondary N) is 1. The minimum absolute atomic E-state index is 0.154. The smallest absolute Gasteiger partial charge is 0.387 e. The Labute approximate surface area is 112 Å². The van der Waals surface area contributed by atoms with E-state index in [0.29, 0.717) is 5.52 Å². The van der Waals surface area contributed by atoms with E-state index in [1.54, 1.807) is 18.2 Å². The zero-order valence-corrected chi connectivity index (χ0v) is 10.1. The highest BCUT2D eigenvalue weighted by Crippen LogP contribution is 2.32. The fourth-order valence-electron chi connectivity index (χ4n) is 1.98. The Morgan fingerprint density at radius 2 is 1.85 bits per heavy atom. The van der Waals surface area contributed by atoms with Crippen LogP contribution < -0.4 is 4.74 Å². The molecule has 1 aromatic heterocycles. The molecule has 1 heterocycles. The predicted molar refractivity (Wildman–Crippen MR) is 68.1 cm³/mol. The van der Waals surface area contributed by atoms with Crippen molar-refractivity contribution in [3.05, 3.63) is 48.3 Å². The lowest BCUT2D eigenvalue weighted by Crippen LogP contribution is -2.05. The SMILES string of the molecule is Fc1cccc(-c2nc3ccccc3[nH]2)c1OC(F)F. The van der Waals surface area contributed by atoms with Gasteiger partial charge in [-0.25, -0.2) is 9.37 Å². The minimum atomic E-state index is -3.10. The molecule has 2 aromatic carbocycles. The van der Waals surface area contributed by atoms with Crippen LogP contribution in [0.4, 0.5) is 13.2 Å².